The average Bonchev–Trinajstić information content (AvgIpc) is 2.76. The first kappa shape index (κ1) is 17.2. The van der Waals surface area contributed by atoms with E-state index in [2.05, 4.69) is 5.32 Å². The molecule has 24 heavy (non-hydrogen) atoms. The van der Waals surface area contributed by atoms with Gasteiger partial charge in [-0.1, -0.05) is 44.9 Å². The Balaban J connectivity index is 1.66. The Bertz CT molecular complexity index is 490. The van der Waals surface area contributed by atoms with Crippen molar-refractivity contribution in [3.63, 3.8) is 0 Å². The second-order valence-electron chi connectivity index (χ2n) is 7.47. The lowest BCUT2D eigenvalue weighted by Gasteiger charge is -2.29. The molecule has 1 aliphatic carbocycles. The van der Waals surface area contributed by atoms with Gasteiger partial charge >= 0.3 is 6.03 Å². The molecule has 3 rings (SSSR count). The van der Waals surface area contributed by atoms with Crippen LogP contribution in [0.2, 0.25) is 0 Å². The number of hydrogen-bond donors (Lipinski definition) is 1. The van der Waals surface area contributed by atoms with Crippen LogP contribution in [0.3, 0.4) is 0 Å². The molecule has 2 saturated heterocycles. The molecule has 4 amide bonds. The maximum Gasteiger partial charge on any atom is 0.325 e. The van der Waals surface area contributed by atoms with Gasteiger partial charge in [0, 0.05) is 13.1 Å². The molecule has 0 unspecified atom stereocenters. The van der Waals surface area contributed by atoms with E-state index in [1.54, 1.807) is 0 Å². The van der Waals surface area contributed by atoms with Crippen molar-refractivity contribution >= 4 is 17.8 Å². The lowest BCUT2D eigenvalue weighted by molar-refractivity contribution is -0.139. The Morgan fingerprint density at radius 2 is 1.42 bits per heavy atom. The summed E-state index contributed by atoms with van der Waals surface area (Å²) in [6.07, 6.45) is 11.1. The highest BCUT2D eigenvalue weighted by Gasteiger charge is 2.51. The Kier molecular flexibility index (Phi) is 5.41. The molecular formula is C18H29N3O3. The summed E-state index contributed by atoms with van der Waals surface area (Å²) in [6, 6.07) is -0.385. The van der Waals surface area contributed by atoms with E-state index < -0.39 is 5.54 Å². The molecule has 1 spiro atoms. The second kappa shape index (κ2) is 7.53. The molecule has 0 radical (unpaired) electrons. The zero-order chi connectivity index (χ0) is 17.0. The maximum atomic E-state index is 12.9. The van der Waals surface area contributed by atoms with Gasteiger partial charge in [0.2, 0.25) is 5.91 Å². The van der Waals surface area contributed by atoms with E-state index >= 15 is 0 Å². The van der Waals surface area contributed by atoms with Gasteiger partial charge in [0.15, 0.2) is 0 Å². The van der Waals surface area contributed by atoms with Gasteiger partial charge in [-0.25, -0.2) is 4.79 Å². The Labute approximate surface area is 143 Å². The molecule has 6 nitrogen and oxygen atoms in total. The summed E-state index contributed by atoms with van der Waals surface area (Å²) in [6.45, 7) is 1.38. The molecule has 0 aromatic heterocycles. The van der Waals surface area contributed by atoms with E-state index in [0.717, 1.165) is 69.4 Å². The molecule has 0 bridgehead atoms. The fraction of sp³-hybridized carbons (Fsp3) is 0.833. The topological polar surface area (TPSA) is 69.7 Å². The minimum atomic E-state index is -0.753. The first-order valence-electron chi connectivity index (χ1n) is 9.54. The van der Waals surface area contributed by atoms with E-state index in [4.69, 9.17) is 0 Å². The van der Waals surface area contributed by atoms with Crippen molar-refractivity contribution in [3.8, 4) is 0 Å². The Morgan fingerprint density at radius 3 is 2.04 bits per heavy atom. The number of nitrogens with one attached hydrogen (secondary N) is 1. The van der Waals surface area contributed by atoms with E-state index in [-0.39, 0.29) is 24.4 Å². The monoisotopic (exact) mass is 335 g/mol. The van der Waals surface area contributed by atoms with Gasteiger partial charge in [-0.15, -0.1) is 0 Å². The number of nitrogens with zero attached hydrogens (tertiary/aromatic N) is 2. The van der Waals surface area contributed by atoms with Crippen molar-refractivity contribution < 1.29 is 14.4 Å². The van der Waals surface area contributed by atoms with Crippen LogP contribution in [-0.2, 0) is 9.59 Å². The van der Waals surface area contributed by atoms with Gasteiger partial charge in [0.05, 0.1) is 0 Å². The molecule has 1 N–H and O–H groups in total. The molecule has 0 aromatic rings. The standard InChI is InChI=1S/C18H29N3O3/c22-15(20-12-8-4-5-9-13-20)14-21-16(23)18(19-17(21)24)10-6-2-1-3-7-11-18/h1-14H2,(H,19,24). The fourth-order valence-corrected chi connectivity index (χ4v) is 4.22. The van der Waals surface area contributed by atoms with Crippen LogP contribution < -0.4 is 5.32 Å². The minimum Gasteiger partial charge on any atom is -0.341 e. The van der Waals surface area contributed by atoms with E-state index in [0.29, 0.717) is 12.8 Å². The van der Waals surface area contributed by atoms with Crippen LogP contribution in [-0.4, -0.2) is 52.8 Å². The van der Waals surface area contributed by atoms with Crippen molar-refractivity contribution in [1.82, 2.24) is 15.1 Å². The van der Waals surface area contributed by atoms with Crippen LogP contribution in [0.1, 0.15) is 70.6 Å². The summed E-state index contributed by atoms with van der Waals surface area (Å²) in [5, 5.41) is 2.92. The summed E-state index contributed by atoms with van der Waals surface area (Å²) in [5.74, 6) is -0.277. The molecule has 6 heteroatoms. The SMILES string of the molecule is O=C(CN1C(=O)NC2(CCCCCCC2)C1=O)N1CCCCCC1. The summed E-state index contributed by atoms with van der Waals surface area (Å²) >= 11 is 0. The number of imide groups is 1. The molecule has 2 aliphatic heterocycles. The summed E-state index contributed by atoms with van der Waals surface area (Å²) in [7, 11) is 0. The predicted octanol–water partition coefficient (Wildman–Crippen LogP) is 2.42. The third kappa shape index (κ3) is 3.57. The molecule has 134 valence electrons. The van der Waals surface area contributed by atoms with Crippen molar-refractivity contribution in [2.75, 3.05) is 19.6 Å². The number of hydrogen-bond acceptors (Lipinski definition) is 3. The molecule has 3 fully saturated rings. The molecule has 0 aromatic carbocycles. The van der Waals surface area contributed by atoms with Gasteiger partial charge < -0.3 is 10.2 Å². The van der Waals surface area contributed by atoms with Crippen LogP contribution in [0.15, 0.2) is 0 Å². The number of carbonyl (C=O) groups excluding carboxylic acids is 3. The molecule has 1 saturated carbocycles. The van der Waals surface area contributed by atoms with Gasteiger partial charge in [-0.3, -0.25) is 14.5 Å². The van der Waals surface area contributed by atoms with Gasteiger partial charge in [0.1, 0.15) is 12.1 Å². The largest absolute Gasteiger partial charge is 0.341 e. The van der Waals surface area contributed by atoms with Crippen LogP contribution in [0.25, 0.3) is 0 Å². The first-order chi connectivity index (χ1) is 11.6. The van der Waals surface area contributed by atoms with Crippen molar-refractivity contribution in [1.29, 1.82) is 0 Å². The van der Waals surface area contributed by atoms with E-state index in [9.17, 15) is 14.4 Å². The molecule has 3 aliphatic rings. The van der Waals surface area contributed by atoms with Crippen LogP contribution in [0.5, 0.6) is 0 Å². The summed E-state index contributed by atoms with van der Waals surface area (Å²) in [5.41, 5.74) is -0.753. The normalized spacial score (nSPS) is 25.2. The Hall–Kier alpha value is -1.59. The molecule has 2 heterocycles. The maximum absolute atomic E-state index is 12.9. The van der Waals surface area contributed by atoms with Gasteiger partial charge in [0.25, 0.3) is 5.91 Å². The molecular weight excluding hydrogens is 306 g/mol. The number of carbonyl (C=O) groups is 3. The third-order valence-corrected chi connectivity index (χ3v) is 5.71. The molecule has 0 atom stereocenters. The predicted molar refractivity (Wildman–Crippen MR) is 90.3 cm³/mol. The second-order valence-corrected chi connectivity index (χ2v) is 7.47. The highest BCUT2D eigenvalue weighted by molar-refractivity contribution is 6.09. The zero-order valence-corrected chi connectivity index (χ0v) is 14.5. The fourth-order valence-electron chi connectivity index (χ4n) is 4.22. The lowest BCUT2D eigenvalue weighted by atomic mass is 9.84. The van der Waals surface area contributed by atoms with Gasteiger partial charge in [-0.05, 0) is 25.7 Å². The van der Waals surface area contributed by atoms with Crippen molar-refractivity contribution in [2.24, 2.45) is 0 Å². The third-order valence-electron chi connectivity index (χ3n) is 5.71. The summed E-state index contributed by atoms with van der Waals surface area (Å²) in [4.78, 5) is 40.8. The highest BCUT2D eigenvalue weighted by atomic mass is 16.2. The van der Waals surface area contributed by atoms with Gasteiger partial charge in [-0.2, -0.15) is 0 Å². The first-order valence-corrected chi connectivity index (χ1v) is 9.54. The smallest absolute Gasteiger partial charge is 0.325 e. The lowest BCUT2D eigenvalue weighted by Crippen LogP contribution is -2.48. The van der Waals surface area contributed by atoms with Crippen LogP contribution in [0.4, 0.5) is 4.79 Å². The van der Waals surface area contributed by atoms with Crippen molar-refractivity contribution in [2.45, 2.75) is 76.2 Å². The van der Waals surface area contributed by atoms with Crippen LogP contribution in [0, 0.1) is 0 Å². The zero-order valence-electron chi connectivity index (χ0n) is 14.5. The van der Waals surface area contributed by atoms with Crippen LogP contribution >= 0.6 is 0 Å². The van der Waals surface area contributed by atoms with E-state index in [1.165, 1.54) is 6.42 Å². The van der Waals surface area contributed by atoms with Crippen molar-refractivity contribution in [3.05, 3.63) is 0 Å². The quantitative estimate of drug-likeness (QED) is 0.788. The number of rotatable bonds is 2. The number of urea groups is 1. The average molecular weight is 335 g/mol. The summed E-state index contributed by atoms with van der Waals surface area (Å²) < 4.78 is 0. The number of likely N-dealkylation sites (tertiary alicyclic amines) is 1. The van der Waals surface area contributed by atoms with E-state index in [1.807, 2.05) is 4.90 Å². The Morgan fingerprint density at radius 1 is 0.875 bits per heavy atom. The highest BCUT2D eigenvalue weighted by Crippen LogP contribution is 2.32. The minimum absolute atomic E-state index is 0.0942. The number of amides is 4.